The largest absolute Gasteiger partial charge is 0.448 e. The maximum absolute atomic E-state index is 13.1. The molecule has 2 fully saturated rings. The molecule has 142 valence electrons. The lowest BCUT2D eigenvalue weighted by atomic mass is 10.2. The van der Waals surface area contributed by atoms with Crippen molar-refractivity contribution in [3.8, 4) is 0 Å². The molecule has 0 N–H and O–H groups in total. The Balaban J connectivity index is 1.83. The summed E-state index contributed by atoms with van der Waals surface area (Å²) in [4.78, 5) is 28.3. The number of cyclic esters (lactones) is 1. The molecule has 1 unspecified atom stereocenters. The Morgan fingerprint density at radius 3 is 2.50 bits per heavy atom. The predicted molar refractivity (Wildman–Crippen MR) is 96.3 cm³/mol. The van der Waals surface area contributed by atoms with Crippen LogP contribution in [0.2, 0.25) is 0 Å². The summed E-state index contributed by atoms with van der Waals surface area (Å²) in [6.07, 6.45) is -0.876. The maximum Gasteiger partial charge on any atom is 0.410 e. The molecule has 2 saturated heterocycles. The molecule has 0 aliphatic carbocycles. The van der Waals surface area contributed by atoms with E-state index in [1.807, 2.05) is 18.2 Å². The quantitative estimate of drug-likeness (QED) is 0.804. The van der Waals surface area contributed by atoms with Crippen LogP contribution < -0.4 is 0 Å². The number of nitrogens with zero attached hydrogens (tertiary/aromatic N) is 2. The molecule has 3 atom stereocenters. The lowest BCUT2D eigenvalue weighted by Gasteiger charge is -2.26. The van der Waals surface area contributed by atoms with Crippen LogP contribution in [0.1, 0.15) is 20.8 Å². The summed E-state index contributed by atoms with van der Waals surface area (Å²) in [5.41, 5.74) is -0.615. The van der Waals surface area contributed by atoms with E-state index in [4.69, 9.17) is 9.47 Å². The second-order valence-corrected chi connectivity index (χ2v) is 9.08. The molecule has 0 saturated carbocycles. The fourth-order valence-electron chi connectivity index (χ4n) is 3.18. The minimum absolute atomic E-state index is 0.269. The maximum atomic E-state index is 13.1. The molecule has 0 bridgehead atoms. The van der Waals surface area contributed by atoms with Gasteiger partial charge < -0.3 is 14.4 Å². The number of carbonyl (C=O) groups is 2. The Bertz CT molecular complexity index is 703. The number of carbonyl (C=O) groups excluding carboxylic acids is 2. The van der Waals surface area contributed by atoms with Crippen molar-refractivity contribution in [1.29, 1.82) is 0 Å². The monoisotopic (exact) mass is 380 g/mol. The number of hydrogen-bond acceptors (Lipinski definition) is 5. The molecule has 0 radical (unpaired) electrons. The molecule has 0 spiro atoms. The Morgan fingerprint density at radius 2 is 1.92 bits per heavy atom. The van der Waals surface area contributed by atoms with Crippen molar-refractivity contribution in [1.82, 2.24) is 9.80 Å². The van der Waals surface area contributed by atoms with Gasteiger partial charge in [-0.3, -0.25) is 9.11 Å². The number of rotatable bonds is 3. The van der Waals surface area contributed by atoms with Crippen LogP contribution in [0.5, 0.6) is 0 Å². The SMILES string of the molecule is CC(C)(C)OC(=O)N1C[C@H](N2CCOC2=O)[C@@H](S(=O)c2ccccc2)C1. The lowest BCUT2D eigenvalue weighted by Crippen LogP contribution is -2.45. The van der Waals surface area contributed by atoms with Gasteiger partial charge in [0.1, 0.15) is 12.2 Å². The molecular weight excluding hydrogens is 356 g/mol. The molecule has 1 aromatic carbocycles. The number of hydrogen-bond donors (Lipinski definition) is 0. The van der Waals surface area contributed by atoms with Gasteiger partial charge in [-0.2, -0.15) is 0 Å². The van der Waals surface area contributed by atoms with E-state index in [9.17, 15) is 13.8 Å². The van der Waals surface area contributed by atoms with E-state index in [-0.39, 0.29) is 19.1 Å². The summed E-state index contributed by atoms with van der Waals surface area (Å²) in [5.74, 6) is 0. The number of likely N-dealkylation sites (tertiary alicyclic amines) is 1. The van der Waals surface area contributed by atoms with Gasteiger partial charge in [0.25, 0.3) is 0 Å². The van der Waals surface area contributed by atoms with Gasteiger partial charge in [0.15, 0.2) is 0 Å². The van der Waals surface area contributed by atoms with Gasteiger partial charge in [-0.1, -0.05) is 18.2 Å². The smallest absolute Gasteiger partial charge is 0.410 e. The van der Waals surface area contributed by atoms with Gasteiger partial charge in [0.2, 0.25) is 0 Å². The number of benzene rings is 1. The molecule has 2 aliphatic heterocycles. The van der Waals surface area contributed by atoms with Crippen LogP contribution in [0.25, 0.3) is 0 Å². The van der Waals surface area contributed by atoms with Gasteiger partial charge in [-0.05, 0) is 32.9 Å². The third-order valence-electron chi connectivity index (χ3n) is 4.33. The highest BCUT2D eigenvalue weighted by molar-refractivity contribution is 7.85. The van der Waals surface area contributed by atoms with Crippen LogP contribution in [0.4, 0.5) is 9.59 Å². The molecule has 26 heavy (non-hydrogen) atoms. The van der Waals surface area contributed by atoms with Gasteiger partial charge >= 0.3 is 12.2 Å². The Hall–Kier alpha value is -2.09. The highest BCUT2D eigenvalue weighted by Crippen LogP contribution is 2.27. The van der Waals surface area contributed by atoms with E-state index in [1.165, 1.54) is 4.90 Å². The van der Waals surface area contributed by atoms with E-state index in [1.54, 1.807) is 37.8 Å². The van der Waals surface area contributed by atoms with Crippen molar-refractivity contribution in [2.75, 3.05) is 26.2 Å². The second-order valence-electron chi connectivity index (χ2n) is 7.41. The van der Waals surface area contributed by atoms with E-state index in [0.29, 0.717) is 18.0 Å². The van der Waals surface area contributed by atoms with Gasteiger partial charge in [-0.15, -0.1) is 0 Å². The first kappa shape index (κ1) is 18.7. The van der Waals surface area contributed by atoms with Crippen molar-refractivity contribution in [3.05, 3.63) is 30.3 Å². The van der Waals surface area contributed by atoms with Gasteiger partial charge in [-0.25, -0.2) is 9.59 Å². The molecular formula is C18H24N2O5S. The van der Waals surface area contributed by atoms with E-state index in [0.717, 1.165) is 0 Å². The standard InChI is InChI=1S/C18H24N2O5S/c1-18(2,3)25-16(21)19-11-14(20-9-10-24-17(20)22)15(12-19)26(23)13-7-5-4-6-8-13/h4-8,14-15H,9-12H2,1-3H3/t14-,15-,26?/m0/s1. The van der Waals surface area contributed by atoms with Crippen LogP contribution in [0.15, 0.2) is 35.2 Å². The Morgan fingerprint density at radius 1 is 1.23 bits per heavy atom. The normalized spacial score (nSPS) is 24.5. The summed E-state index contributed by atoms with van der Waals surface area (Å²) in [6.45, 7) is 6.71. The highest BCUT2D eigenvalue weighted by atomic mass is 32.2. The minimum atomic E-state index is -1.36. The zero-order valence-corrected chi connectivity index (χ0v) is 16.0. The van der Waals surface area contributed by atoms with Crippen LogP contribution in [-0.2, 0) is 20.3 Å². The predicted octanol–water partition coefficient (Wildman–Crippen LogP) is 2.23. The van der Waals surface area contributed by atoms with Crippen LogP contribution in [0, 0.1) is 0 Å². The van der Waals surface area contributed by atoms with Crippen LogP contribution in [0.3, 0.4) is 0 Å². The molecule has 3 rings (SSSR count). The average Bonchev–Trinajstić information content (AvgIpc) is 3.19. The second kappa shape index (κ2) is 7.26. The molecule has 2 heterocycles. The Kier molecular flexibility index (Phi) is 5.22. The zero-order valence-electron chi connectivity index (χ0n) is 15.2. The summed E-state index contributed by atoms with van der Waals surface area (Å²) < 4.78 is 23.6. The van der Waals surface area contributed by atoms with Crippen molar-refractivity contribution in [3.63, 3.8) is 0 Å². The summed E-state index contributed by atoms with van der Waals surface area (Å²) in [7, 11) is -1.36. The minimum Gasteiger partial charge on any atom is -0.448 e. The van der Waals surface area contributed by atoms with Crippen LogP contribution >= 0.6 is 0 Å². The van der Waals surface area contributed by atoms with E-state index < -0.39 is 33.8 Å². The summed E-state index contributed by atoms with van der Waals surface area (Å²) in [5, 5.41) is -0.393. The molecule has 1 aromatic rings. The van der Waals surface area contributed by atoms with E-state index >= 15 is 0 Å². The van der Waals surface area contributed by atoms with Crippen molar-refractivity contribution in [2.45, 2.75) is 42.6 Å². The highest BCUT2D eigenvalue weighted by Gasteiger charge is 2.46. The Labute approximate surface area is 155 Å². The first-order chi connectivity index (χ1) is 12.3. The number of amides is 2. The third-order valence-corrected chi connectivity index (χ3v) is 6.08. The third kappa shape index (κ3) is 4.00. The fraction of sp³-hybridized carbons (Fsp3) is 0.556. The topological polar surface area (TPSA) is 76.2 Å². The molecule has 2 amide bonds. The van der Waals surface area contributed by atoms with Gasteiger partial charge in [0, 0.05) is 18.0 Å². The first-order valence-electron chi connectivity index (χ1n) is 8.63. The molecule has 8 heteroatoms. The summed E-state index contributed by atoms with van der Waals surface area (Å²) >= 11 is 0. The number of ether oxygens (including phenoxy) is 2. The lowest BCUT2D eigenvalue weighted by molar-refractivity contribution is 0.0283. The van der Waals surface area contributed by atoms with Crippen molar-refractivity contribution >= 4 is 23.0 Å². The van der Waals surface area contributed by atoms with Crippen molar-refractivity contribution < 1.29 is 23.3 Å². The molecule has 2 aliphatic rings. The van der Waals surface area contributed by atoms with Crippen LogP contribution in [-0.4, -0.2) is 69.3 Å². The van der Waals surface area contributed by atoms with Crippen molar-refractivity contribution in [2.24, 2.45) is 0 Å². The first-order valence-corrected chi connectivity index (χ1v) is 9.84. The zero-order chi connectivity index (χ0) is 18.9. The summed E-state index contributed by atoms with van der Waals surface area (Å²) in [6, 6.07) is 8.74. The molecule has 0 aromatic heterocycles. The average molecular weight is 380 g/mol. The van der Waals surface area contributed by atoms with E-state index in [2.05, 4.69) is 0 Å². The fourth-order valence-corrected chi connectivity index (χ4v) is 4.79. The van der Waals surface area contributed by atoms with Gasteiger partial charge in [0.05, 0.1) is 28.6 Å². The molecule has 7 nitrogen and oxygen atoms in total.